The topological polar surface area (TPSA) is 44.8 Å². The van der Waals surface area contributed by atoms with Crippen LogP contribution >= 0.6 is 34.2 Å². The van der Waals surface area contributed by atoms with Crippen LogP contribution in [0.25, 0.3) is 11.8 Å². The van der Waals surface area contributed by atoms with E-state index in [0.29, 0.717) is 27.9 Å². The van der Waals surface area contributed by atoms with Crippen LogP contribution < -0.4 is 9.47 Å². The summed E-state index contributed by atoms with van der Waals surface area (Å²) in [5.74, 6) is 1.38. The van der Waals surface area contributed by atoms with Crippen LogP contribution in [0.2, 0.25) is 5.02 Å². The molecule has 0 fully saturated rings. The fourth-order valence-electron chi connectivity index (χ4n) is 2.45. The third-order valence-electron chi connectivity index (χ3n) is 3.63. The van der Waals surface area contributed by atoms with Gasteiger partial charge in [-0.25, -0.2) is 4.79 Å². The zero-order chi connectivity index (χ0) is 18.0. The molecule has 6 heteroatoms. The van der Waals surface area contributed by atoms with E-state index in [0.717, 1.165) is 14.7 Å². The molecule has 2 aromatic rings. The van der Waals surface area contributed by atoms with Crippen LogP contribution in [-0.2, 0) is 9.53 Å². The molecule has 0 aromatic heterocycles. The van der Waals surface area contributed by atoms with Gasteiger partial charge in [0.15, 0.2) is 11.5 Å². The van der Waals surface area contributed by atoms with Crippen LogP contribution in [0.15, 0.2) is 48.0 Å². The van der Waals surface area contributed by atoms with E-state index < -0.39 is 5.97 Å². The highest BCUT2D eigenvalue weighted by Gasteiger charge is 2.22. The fourth-order valence-corrected chi connectivity index (χ4v) is 3.42. The van der Waals surface area contributed by atoms with Crippen LogP contribution in [0.4, 0.5) is 0 Å². The Morgan fingerprint density at radius 1 is 1.12 bits per heavy atom. The first-order valence-electron chi connectivity index (χ1n) is 7.35. The first kappa shape index (κ1) is 17.8. The highest BCUT2D eigenvalue weighted by Crippen LogP contribution is 2.35. The molecule has 1 heterocycles. The predicted molar refractivity (Wildman–Crippen MR) is 106 cm³/mol. The molecule has 0 saturated heterocycles. The Hall–Kier alpha value is -1.99. The Morgan fingerprint density at radius 2 is 1.84 bits per heavy atom. The summed E-state index contributed by atoms with van der Waals surface area (Å²) in [6.45, 7) is 0. The van der Waals surface area contributed by atoms with Crippen molar-refractivity contribution >= 4 is 52.0 Å². The highest BCUT2D eigenvalue weighted by atomic mass is 127. The van der Waals surface area contributed by atoms with Crippen LogP contribution in [0.5, 0.6) is 11.5 Å². The van der Waals surface area contributed by atoms with Gasteiger partial charge in [-0.2, -0.15) is 0 Å². The lowest BCUT2D eigenvalue weighted by Gasteiger charge is -2.10. The van der Waals surface area contributed by atoms with Gasteiger partial charge in [0.1, 0.15) is 5.76 Å². The van der Waals surface area contributed by atoms with Crippen molar-refractivity contribution in [1.29, 1.82) is 0 Å². The van der Waals surface area contributed by atoms with Gasteiger partial charge in [0.25, 0.3) is 0 Å². The molecule has 0 amide bonds. The summed E-state index contributed by atoms with van der Waals surface area (Å²) in [6.07, 6.45) is 3.48. The van der Waals surface area contributed by atoms with Crippen LogP contribution in [0.1, 0.15) is 11.1 Å². The van der Waals surface area contributed by atoms with E-state index in [2.05, 4.69) is 22.6 Å². The monoisotopic (exact) mass is 468 g/mol. The standard InChI is InChI=1S/C19H14ClIO4/c1-23-17-9-11(8-15(21)18(17)24-2)7-13-10-16(25-19(13)22)12-3-5-14(20)6-4-12/h3-10H,1-2H3. The second-order valence-electron chi connectivity index (χ2n) is 5.24. The Morgan fingerprint density at radius 3 is 2.48 bits per heavy atom. The van der Waals surface area contributed by atoms with Crippen LogP contribution in [0.3, 0.4) is 0 Å². The molecule has 2 aromatic carbocycles. The Bertz CT molecular complexity index is 885. The van der Waals surface area contributed by atoms with Gasteiger partial charge in [-0.3, -0.25) is 0 Å². The summed E-state index contributed by atoms with van der Waals surface area (Å²) >= 11 is 8.05. The maximum atomic E-state index is 12.2. The first-order valence-corrected chi connectivity index (χ1v) is 8.80. The summed E-state index contributed by atoms with van der Waals surface area (Å²) in [5.41, 5.74) is 2.08. The van der Waals surface area contributed by atoms with Gasteiger partial charge in [0, 0.05) is 10.6 Å². The van der Waals surface area contributed by atoms with Crippen molar-refractivity contribution in [3.8, 4) is 11.5 Å². The zero-order valence-corrected chi connectivity index (χ0v) is 16.4. The van der Waals surface area contributed by atoms with Gasteiger partial charge in [-0.1, -0.05) is 11.6 Å². The first-order chi connectivity index (χ1) is 12.0. The number of methoxy groups -OCH3 is 2. The van der Waals surface area contributed by atoms with E-state index in [-0.39, 0.29) is 0 Å². The lowest BCUT2D eigenvalue weighted by atomic mass is 10.1. The fraction of sp³-hybridized carbons (Fsp3) is 0.105. The molecule has 0 saturated carbocycles. The van der Waals surface area contributed by atoms with Crippen molar-refractivity contribution in [3.63, 3.8) is 0 Å². The number of cyclic esters (lactones) is 1. The zero-order valence-electron chi connectivity index (χ0n) is 13.5. The van der Waals surface area contributed by atoms with Crippen LogP contribution in [-0.4, -0.2) is 20.2 Å². The molecule has 1 aliphatic rings. The molecule has 4 nitrogen and oxygen atoms in total. The number of hydrogen-bond acceptors (Lipinski definition) is 4. The van der Waals surface area contributed by atoms with Gasteiger partial charge >= 0.3 is 5.97 Å². The lowest BCUT2D eigenvalue weighted by Crippen LogP contribution is -1.98. The third kappa shape index (κ3) is 3.82. The molecule has 1 aliphatic heterocycles. The van der Waals surface area contributed by atoms with Gasteiger partial charge in [0.05, 0.1) is 23.4 Å². The Labute approximate surface area is 164 Å². The molecule has 128 valence electrons. The normalized spacial score (nSPS) is 15.1. The molecule has 0 N–H and O–H groups in total. The molecular weight excluding hydrogens is 455 g/mol. The number of benzene rings is 2. The highest BCUT2D eigenvalue weighted by molar-refractivity contribution is 14.1. The molecular formula is C19H14ClIO4. The van der Waals surface area contributed by atoms with Gasteiger partial charge in [0.2, 0.25) is 0 Å². The molecule has 0 spiro atoms. The number of hydrogen-bond donors (Lipinski definition) is 0. The summed E-state index contributed by atoms with van der Waals surface area (Å²) in [7, 11) is 3.17. The average molecular weight is 469 g/mol. The van der Waals surface area contributed by atoms with Gasteiger partial charge in [-0.15, -0.1) is 0 Å². The minimum atomic E-state index is -0.394. The summed E-state index contributed by atoms with van der Waals surface area (Å²) < 4.78 is 16.9. The number of halogens is 2. The smallest absolute Gasteiger partial charge is 0.343 e. The largest absolute Gasteiger partial charge is 0.493 e. The van der Waals surface area contributed by atoms with Crippen molar-refractivity contribution in [2.24, 2.45) is 0 Å². The Balaban J connectivity index is 1.97. The summed E-state index contributed by atoms with van der Waals surface area (Å²) in [4.78, 5) is 12.2. The molecule has 0 bridgehead atoms. The maximum Gasteiger partial charge on any atom is 0.343 e. The van der Waals surface area contributed by atoms with E-state index in [9.17, 15) is 4.79 Å². The summed E-state index contributed by atoms with van der Waals surface area (Å²) in [5, 5.41) is 0.629. The van der Waals surface area contributed by atoms with Crippen molar-refractivity contribution < 1.29 is 19.0 Å². The number of rotatable bonds is 4. The average Bonchev–Trinajstić information content (AvgIpc) is 2.95. The van der Waals surface area contributed by atoms with E-state index >= 15 is 0 Å². The number of esters is 1. The number of carbonyl (C=O) groups is 1. The molecule has 0 radical (unpaired) electrons. The van der Waals surface area contributed by atoms with Crippen LogP contribution in [0, 0.1) is 3.57 Å². The summed E-state index contributed by atoms with van der Waals surface area (Å²) in [6, 6.07) is 10.9. The van der Waals surface area contributed by atoms with Crippen molar-refractivity contribution in [3.05, 3.63) is 67.8 Å². The van der Waals surface area contributed by atoms with E-state index in [4.69, 9.17) is 25.8 Å². The molecule has 3 rings (SSSR count). The molecule has 0 atom stereocenters. The lowest BCUT2D eigenvalue weighted by molar-refractivity contribution is -0.130. The molecule has 0 aliphatic carbocycles. The molecule has 0 unspecified atom stereocenters. The van der Waals surface area contributed by atoms with E-state index in [1.54, 1.807) is 38.5 Å². The third-order valence-corrected chi connectivity index (χ3v) is 4.69. The number of carbonyl (C=O) groups excluding carboxylic acids is 1. The maximum absolute atomic E-state index is 12.2. The minimum Gasteiger partial charge on any atom is -0.493 e. The molecule has 25 heavy (non-hydrogen) atoms. The second-order valence-corrected chi connectivity index (χ2v) is 6.84. The van der Waals surface area contributed by atoms with Crippen molar-refractivity contribution in [2.45, 2.75) is 0 Å². The van der Waals surface area contributed by atoms with Gasteiger partial charge in [-0.05, 0) is 76.7 Å². The quantitative estimate of drug-likeness (QED) is 0.362. The van der Waals surface area contributed by atoms with Gasteiger partial charge < -0.3 is 14.2 Å². The van der Waals surface area contributed by atoms with E-state index in [1.807, 2.05) is 24.3 Å². The predicted octanol–water partition coefficient (Wildman–Crippen LogP) is 4.94. The Kier molecular flexibility index (Phi) is 5.34. The van der Waals surface area contributed by atoms with Crippen molar-refractivity contribution in [1.82, 2.24) is 0 Å². The van der Waals surface area contributed by atoms with Crippen molar-refractivity contribution in [2.75, 3.05) is 14.2 Å². The minimum absolute atomic E-state index is 0.394. The van der Waals surface area contributed by atoms with E-state index in [1.165, 1.54) is 0 Å². The SMILES string of the molecule is COc1cc(C=C2C=C(c3ccc(Cl)cc3)OC2=O)cc(I)c1OC. The number of ether oxygens (including phenoxy) is 3. The second kappa shape index (κ2) is 7.49.